The van der Waals surface area contributed by atoms with Gasteiger partial charge in [0.25, 0.3) is 5.91 Å². The molecule has 1 aliphatic rings. The second-order valence-corrected chi connectivity index (χ2v) is 6.31. The number of likely N-dealkylation sites (N-methyl/N-ethyl adjacent to an activating group) is 1. The summed E-state index contributed by atoms with van der Waals surface area (Å²) in [6, 6.07) is 0.629. The number of carbonyl (C=O) groups is 2. The number of hydrogen-bond acceptors (Lipinski definition) is 8. The first-order valence-corrected chi connectivity index (χ1v) is 8.82. The maximum Gasteiger partial charge on any atom is 0.251 e. The van der Waals surface area contributed by atoms with E-state index >= 15 is 0 Å². The molecule has 0 spiro atoms. The first kappa shape index (κ1) is 24.2. The van der Waals surface area contributed by atoms with Gasteiger partial charge in [-0.15, -0.1) is 17.0 Å². The summed E-state index contributed by atoms with van der Waals surface area (Å²) in [6.45, 7) is 0.587. The number of guanidine groups is 2. The Kier molecular flexibility index (Phi) is 9.96. The van der Waals surface area contributed by atoms with Crippen LogP contribution in [0.25, 0.3) is 0 Å². The van der Waals surface area contributed by atoms with Crippen molar-refractivity contribution in [1.29, 1.82) is 0 Å². The normalized spacial score (nSPS) is 16.6. The van der Waals surface area contributed by atoms with Crippen molar-refractivity contribution in [3.8, 4) is 0 Å². The lowest BCUT2D eigenvalue weighted by Gasteiger charge is -2.30. The molecule has 1 unspecified atom stereocenters. The van der Waals surface area contributed by atoms with Crippen LogP contribution < -0.4 is 27.8 Å². The Bertz CT molecular complexity index is 738. The molecule has 12 nitrogen and oxygen atoms in total. The first-order valence-electron chi connectivity index (χ1n) is 8.82. The molecular weight excluding hydrogens is 444 g/mol. The minimum atomic E-state index is -0.705. The fourth-order valence-electron chi connectivity index (χ4n) is 2.54. The molecule has 2 amide bonds. The number of nitrogens with zero attached hydrogens (tertiary/aromatic N) is 5. The number of halogens is 1. The summed E-state index contributed by atoms with van der Waals surface area (Å²) in [5.41, 5.74) is 16.5. The SMILES string of the molecule is Br.CN(C(=O)C[C@@H](N)CCCN=C(N)N)C1CN=C(Nc2ncccn2)NC1=O. The van der Waals surface area contributed by atoms with Gasteiger partial charge in [0.15, 0.2) is 5.96 Å². The molecular formula is C16H27BrN10O2. The predicted molar refractivity (Wildman–Crippen MR) is 115 cm³/mol. The van der Waals surface area contributed by atoms with E-state index in [1.54, 1.807) is 25.5 Å². The first-order chi connectivity index (χ1) is 13.4. The van der Waals surface area contributed by atoms with Gasteiger partial charge in [0.2, 0.25) is 17.8 Å². The van der Waals surface area contributed by atoms with Crippen molar-refractivity contribution in [2.24, 2.45) is 27.2 Å². The van der Waals surface area contributed by atoms with Crippen LogP contribution in [0.1, 0.15) is 19.3 Å². The molecule has 2 rings (SSSR count). The van der Waals surface area contributed by atoms with Crippen LogP contribution in [0.5, 0.6) is 0 Å². The second-order valence-electron chi connectivity index (χ2n) is 6.31. The summed E-state index contributed by atoms with van der Waals surface area (Å²) in [7, 11) is 1.56. The number of aromatic nitrogens is 2. The van der Waals surface area contributed by atoms with Crippen LogP contribution in [-0.2, 0) is 9.59 Å². The lowest BCUT2D eigenvalue weighted by atomic mass is 10.1. The van der Waals surface area contributed by atoms with Gasteiger partial charge >= 0.3 is 0 Å². The maximum absolute atomic E-state index is 12.4. The Morgan fingerprint density at radius 1 is 1.41 bits per heavy atom. The monoisotopic (exact) mass is 470 g/mol. The Balaban J connectivity index is 0.00000420. The van der Waals surface area contributed by atoms with Crippen LogP contribution in [0, 0.1) is 0 Å². The molecule has 0 saturated carbocycles. The molecule has 1 aromatic rings. The van der Waals surface area contributed by atoms with Gasteiger partial charge in [-0.25, -0.2) is 15.0 Å². The standard InChI is InChI=1S/C16H26N10O2.BrH/c1-26(12(27)8-10(17)4-2-5-20-14(18)19)11-9-23-16(24-13(11)28)25-15-21-6-3-7-22-15;/h3,6-7,10-11H,2,4-5,8-9,17H2,1H3,(H4,18,19,20)(H2,21,22,23,24,25,28);1H/t10-,11?;/m0./s1. The molecule has 29 heavy (non-hydrogen) atoms. The fraction of sp³-hybridized carbons (Fsp3) is 0.500. The van der Waals surface area contributed by atoms with Gasteiger partial charge in [-0.05, 0) is 18.9 Å². The van der Waals surface area contributed by atoms with Crippen LogP contribution in [0.3, 0.4) is 0 Å². The number of hydrogen-bond donors (Lipinski definition) is 5. The zero-order valence-corrected chi connectivity index (χ0v) is 17.8. The van der Waals surface area contributed by atoms with Crippen molar-refractivity contribution in [1.82, 2.24) is 20.2 Å². The average Bonchev–Trinajstić information content (AvgIpc) is 2.65. The Morgan fingerprint density at radius 3 is 2.72 bits per heavy atom. The minimum absolute atomic E-state index is 0. The quantitative estimate of drug-likeness (QED) is 0.173. The number of anilines is 1. The third-order valence-corrected chi connectivity index (χ3v) is 4.09. The van der Waals surface area contributed by atoms with Crippen LogP contribution in [0.4, 0.5) is 5.95 Å². The van der Waals surface area contributed by atoms with E-state index in [9.17, 15) is 9.59 Å². The number of aliphatic imine (C=N–C) groups is 2. The maximum atomic E-state index is 12.4. The number of carbonyl (C=O) groups excluding carboxylic acids is 2. The summed E-state index contributed by atoms with van der Waals surface area (Å²) in [4.78, 5) is 42.3. The molecule has 0 radical (unpaired) electrons. The van der Waals surface area contributed by atoms with Crippen molar-refractivity contribution < 1.29 is 9.59 Å². The number of rotatable bonds is 8. The molecule has 1 aromatic heterocycles. The van der Waals surface area contributed by atoms with E-state index in [0.29, 0.717) is 25.3 Å². The van der Waals surface area contributed by atoms with E-state index in [1.807, 2.05) is 0 Å². The molecule has 1 aliphatic heterocycles. The fourth-order valence-corrected chi connectivity index (χ4v) is 2.54. The molecule has 0 saturated heterocycles. The van der Waals surface area contributed by atoms with E-state index in [4.69, 9.17) is 17.2 Å². The second kappa shape index (κ2) is 11.9. The number of nitrogens with two attached hydrogens (primary N) is 3. The topological polar surface area (TPSA) is 190 Å². The Morgan fingerprint density at radius 2 is 2.10 bits per heavy atom. The summed E-state index contributed by atoms with van der Waals surface area (Å²) in [6.07, 6.45) is 4.51. The van der Waals surface area contributed by atoms with Crippen molar-refractivity contribution in [3.63, 3.8) is 0 Å². The van der Waals surface area contributed by atoms with Gasteiger partial charge in [0.05, 0.1) is 6.54 Å². The minimum Gasteiger partial charge on any atom is -0.370 e. The number of amides is 2. The molecule has 0 aliphatic carbocycles. The zero-order chi connectivity index (χ0) is 20.5. The Labute approximate surface area is 179 Å². The smallest absolute Gasteiger partial charge is 0.251 e. The van der Waals surface area contributed by atoms with Gasteiger partial charge < -0.3 is 22.1 Å². The highest BCUT2D eigenvalue weighted by Gasteiger charge is 2.31. The number of nitrogens with one attached hydrogen (secondary N) is 2. The lowest BCUT2D eigenvalue weighted by molar-refractivity contribution is -0.138. The highest BCUT2D eigenvalue weighted by molar-refractivity contribution is 8.93. The molecule has 0 bridgehead atoms. The summed E-state index contributed by atoms with van der Waals surface area (Å²) < 4.78 is 0. The van der Waals surface area contributed by atoms with Crippen molar-refractivity contribution in [3.05, 3.63) is 18.5 Å². The van der Waals surface area contributed by atoms with E-state index < -0.39 is 6.04 Å². The zero-order valence-electron chi connectivity index (χ0n) is 16.1. The van der Waals surface area contributed by atoms with Crippen molar-refractivity contribution >= 4 is 46.7 Å². The molecule has 8 N–H and O–H groups in total. The third kappa shape index (κ3) is 7.99. The van der Waals surface area contributed by atoms with Gasteiger partial charge in [0.1, 0.15) is 6.04 Å². The summed E-state index contributed by atoms with van der Waals surface area (Å²) >= 11 is 0. The van der Waals surface area contributed by atoms with E-state index in [-0.39, 0.29) is 59.7 Å². The van der Waals surface area contributed by atoms with E-state index in [1.165, 1.54) is 4.90 Å². The van der Waals surface area contributed by atoms with Gasteiger partial charge in [-0.1, -0.05) is 0 Å². The van der Waals surface area contributed by atoms with E-state index in [2.05, 4.69) is 30.6 Å². The highest BCUT2D eigenvalue weighted by atomic mass is 79.9. The summed E-state index contributed by atoms with van der Waals surface area (Å²) in [5.74, 6) is 0.0138. The third-order valence-electron chi connectivity index (χ3n) is 4.09. The van der Waals surface area contributed by atoms with Crippen LogP contribution in [0.2, 0.25) is 0 Å². The molecule has 0 aromatic carbocycles. The van der Waals surface area contributed by atoms with Crippen LogP contribution in [-0.4, -0.2) is 70.8 Å². The lowest BCUT2D eigenvalue weighted by Crippen LogP contribution is -2.55. The van der Waals surface area contributed by atoms with Gasteiger partial charge in [-0.3, -0.25) is 25.2 Å². The predicted octanol–water partition coefficient (Wildman–Crippen LogP) is -1.45. The van der Waals surface area contributed by atoms with Gasteiger partial charge in [0, 0.05) is 38.4 Å². The van der Waals surface area contributed by atoms with Gasteiger partial charge in [-0.2, -0.15) is 0 Å². The van der Waals surface area contributed by atoms with Crippen LogP contribution >= 0.6 is 17.0 Å². The molecule has 2 atom stereocenters. The largest absolute Gasteiger partial charge is 0.370 e. The molecule has 0 fully saturated rings. The van der Waals surface area contributed by atoms with Crippen LogP contribution in [0.15, 0.2) is 28.4 Å². The molecule has 160 valence electrons. The highest BCUT2D eigenvalue weighted by Crippen LogP contribution is 2.09. The summed E-state index contributed by atoms with van der Waals surface area (Å²) in [5, 5.41) is 5.43. The molecule has 13 heteroatoms. The van der Waals surface area contributed by atoms with E-state index in [0.717, 1.165) is 0 Å². The van der Waals surface area contributed by atoms with Crippen molar-refractivity contribution in [2.45, 2.75) is 31.3 Å². The Hall–Kier alpha value is -2.80. The average molecular weight is 471 g/mol. The molecule has 2 heterocycles. The van der Waals surface area contributed by atoms with Crippen molar-refractivity contribution in [2.75, 3.05) is 25.5 Å².